The fraction of sp³-hybridized carbons (Fsp3) is 0.882. The van der Waals surface area contributed by atoms with Crippen LogP contribution in [-0.2, 0) is 19.1 Å². The predicted octanol–water partition coefficient (Wildman–Crippen LogP) is 0.490. The van der Waals surface area contributed by atoms with E-state index in [1.807, 2.05) is 0 Å². The Kier molecular flexibility index (Phi) is 11.4. The van der Waals surface area contributed by atoms with Gasteiger partial charge in [-0.05, 0) is 19.4 Å². The van der Waals surface area contributed by atoms with E-state index in [4.69, 9.17) is 0 Å². The Bertz CT molecular complexity index is 324. The molecule has 140 valence electrons. The quantitative estimate of drug-likeness (QED) is 0.408. The summed E-state index contributed by atoms with van der Waals surface area (Å²) < 4.78 is 9.25. The van der Waals surface area contributed by atoms with E-state index in [0.717, 1.165) is 65.1 Å². The molecule has 0 aromatic carbocycles. The van der Waals surface area contributed by atoms with Gasteiger partial charge in [-0.1, -0.05) is 6.42 Å². The minimum Gasteiger partial charge on any atom is -0.469 e. The average molecular weight is 343 g/mol. The number of nitrogens with one attached hydrogen (secondary N) is 1. The van der Waals surface area contributed by atoms with E-state index in [1.165, 1.54) is 14.2 Å². The van der Waals surface area contributed by atoms with Crippen molar-refractivity contribution in [1.29, 1.82) is 0 Å². The summed E-state index contributed by atoms with van der Waals surface area (Å²) in [5.74, 6) is -0.272. The molecule has 1 saturated heterocycles. The van der Waals surface area contributed by atoms with Crippen LogP contribution in [0.5, 0.6) is 0 Å². The normalized spacial score (nSPS) is 16.1. The van der Waals surface area contributed by atoms with Gasteiger partial charge < -0.3 is 19.7 Å². The molecule has 1 aliphatic heterocycles. The van der Waals surface area contributed by atoms with Crippen molar-refractivity contribution in [3.05, 3.63) is 0 Å². The highest BCUT2D eigenvalue weighted by molar-refractivity contribution is 5.69. The summed E-state index contributed by atoms with van der Waals surface area (Å²) in [7, 11) is 2.86. The highest BCUT2D eigenvalue weighted by atomic mass is 16.5. The van der Waals surface area contributed by atoms with Crippen LogP contribution in [0.25, 0.3) is 0 Å². The highest BCUT2D eigenvalue weighted by Crippen LogP contribution is 2.06. The molecule has 7 nitrogen and oxygen atoms in total. The van der Waals surface area contributed by atoms with Crippen molar-refractivity contribution in [2.45, 2.75) is 32.1 Å². The summed E-state index contributed by atoms with van der Waals surface area (Å²) >= 11 is 0. The van der Waals surface area contributed by atoms with Crippen molar-refractivity contribution in [2.75, 3.05) is 66.6 Å². The standard InChI is InChI=1S/C17H33N3O4/c1-23-16(21)6-4-3-5-10-19-12-14-20(15-13-19)11-9-18-8-7-17(22)24-2/h18H,3-15H2,1-2H3. The first-order valence-electron chi connectivity index (χ1n) is 8.94. The number of hydrogen-bond acceptors (Lipinski definition) is 7. The van der Waals surface area contributed by atoms with Crippen LogP contribution in [0.4, 0.5) is 0 Å². The summed E-state index contributed by atoms with van der Waals surface area (Å²) in [6.07, 6.45) is 4.11. The van der Waals surface area contributed by atoms with Gasteiger partial charge in [0.1, 0.15) is 0 Å². The number of ether oxygens (including phenoxy) is 2. The van der Waals surface area contributed by atoms with Crippen LogP contribution in [0.2, 0.25) is 0 Å². The molecule has 0 bridgehead atoms. The van der Waals surface area contributed by atoms with E-state index in [-0.39, 0.29) is 11.9 Å². The summed E-state index contributed by atoms with van der Waals surface area (Å²) in [4.78, 5) is 27.0. The number of nitrogens with zero attached hydrogens (tertiary/aromatic N) is 2. The molecule has 0 atom stereocenters. The van der Waals surface area contributed by atoms with Gasteiger partial charge in [0, 0.05) is 52.2 Å². The Morgan fingerprint density at radius 1 is 0.792 bits per heavy atom. The van der Waals surface area contributed by atoms with Crippen LogP contribution in [-0.4, -0.2) is 88.3 Å². The van der Waals surface area contributed by atoms with E-state index in [1.54, 1.807) is 0 Å². The Labute approximate surface area is 145 Å². The summed E-state index contributed by atoms with van der Waals surface area (Å²) in [6, 6.07) is 0. The number of hydrogen-bond donors (Lipinski definition) is 1. The van der Waals surface area contributed by atoms with Crippen molar-refractivity contribution in [3.8, 4) is 0 Å². The minimum atomic E-state index is -0.164. The molecule has 24 heavy (non-hydrogen) atoms. The highest BCUT2D eigenvalue weighted by Gasteiger charge is 2.15. The third kappa shape index (κ3) is 9.85. The number of piperazine rings is 1. The molecule has 1 aliphatic rings. The molecular weight excluding hydrogens is 310 g/mol. The lowest BCUT2D eigenvalue weighted by Crippen LogP contribution is -2.48. The van der Waals surface area contributed by atoms with E-state index in [2.05, 4.69) is 24.6 Å². The van der Waals surface area contributed by atoms with E-state index >= 15 is 0 Å². The van der Waals surface area contributed by atoms with Crippen LogP contribution >= 0.6 is 0 Å². The second-order valence-electron chi connectivity index (χ2n) is 6.15. The Balaban J connectivity index is 1.94. The monoisotopic (exact) mass is 343 g/mol. The van der Waals surface area contributed by atoms with Gasteiger partial charge in [-0.15, -0.1) is 0 Å². The van der Waals surface area contributed by atoms with Gasteiger partial charge in [0.25, 0.3) is 0 Å². The smallest absolute Gasteiger partial charge is 0.306 e. The number of methoxy groups -OCH3 is 2. The molecule has 0 saturated carbocycles. The first-order valence-corrected chi connectivity index (χ1v) is 8.94. The maximum absolute atomic E-state index is 11.0. The molecule has 1 rings (SSSR count). The SMILES string of the molecule is COC(=O)CCCCCN1CCN(CCNCCC(=O)OC)CC1. The third-order valence-electron chi connectivity index (χ3n) is 4.39. The molecule has 0 radical (unpaired) electrons. The fourth-order valence-electron chi connectivity index (χ4n) is 2.77. The molecule has 1 fully saturated rings. The van der Waals surface area contributed by atoms with Crippen molar-refractivity contribution in [2.24, 2.45) is 0 Å². The van der Waals surface area contributed by atoms with Gasteiger partial charge >= 0.3 is 11.9 Å². The lowest BCUT2D eigenvalue weighted by atomic mass is 10.2. The van der Waals surface area contributed by atoms with Crippen molar-refractivity contribution in [3.63, 3.8) is 0 Å². The molecule has 0 aliphatic carbocycles. The maximum atomic E-state index is 11.0. The molecule has 0 aromatic rings. The molecule has 7 heteroatoms. The van der Waals surface area contributed by atoms with Gasteiger partial charge in [-0.25, -0.2) is 0 Å². The van der Waals surface area contributed by atoms with Crippen molar-refractivity contribution >= 4 is 11.9 Å². The molecule has 0 aromatic heterocycles. The zero-order chi connectivity index (χ0) is 17.6. The summed E-state index contributed by atoms with van der Waals surface area (Å²) in [6.45, 7) is 8.14. The minimum absolute atomic E-state index is 0.108. The van der Waals surface area contributed by atoms with Crippen LogP contribution in [0, 0.1) is 0 Å². The van der Waals surface area contributed by atoms with Crippen LogP contribution in [0.15, 0.2) is 0 Å². The van der Waals surface area contributed by atoms with Crippen LogP contribution < -0.4 is 5.32 Å². The van der Waals surface area contributed by atoms with Gasteiger partial charge in [0.05, 0.1) is 20.6 Å². The number of unbranched alkanes of at least 4 members (excludes halogenated alkanes) is 2. The fourth-order valence-corrected chi connectivity index (χ4v) is 2.77. The first kappa shape index (κ1) is 20.9. The zero-order valence-electron chi connectivity index (χ0n) is 15.2. The Morgan fingerprint density at radius 2 is 1.38 bits per heavy atom. The zero-order valence-corrected chi connectivity index (χ0v) is 15.2. The molecule has 0 unspecified atom stereocenters. The van der Waals surface area contributed by atoms with Crippen molar-refractivity contribution < 1.29 is 19.1 Å². The number of carbonyl (C=O) groups excluding carboxylic acids is 2. The predicted molar refractivity (Wildman–Crippen MR) is 92.9 cm³/mol. The average Bonchev–Trinajstić information content (AvgIpc) is 2.61. The van der Waals surface area contributed by atoms with Crippen molar-refractivity contribution in [1.82, 2.24) is 15.1 Å². The van der Waals surface area contributed by atoms with Gasteiger partial charge in [-0.2, -0.15) is 0 Å². The largest absolute Gasteiger partial charge is 0.469 e. The Morgan fingerprint density at radius 3 is 2.00 bits per heavy atom. The topological polar surface area (TPSA) is 71.1 Å². The number of esters is 2. The lowest BCUT2D eigenvalue weighted by Gasteiger charge is -2.34. The molecule has 0 amide bonds. The first-order chi connectivity index (χ1) is 11.7. The number of carbonyl (C=O) groups is 2. The lowest BCUT2D eigenvalue weighted by molar-refractivity contribution is -0.141. The van der Waals surface area contributed by atoms with Gasteiger partial charge in [0.2, 0.25) is 0 Å². The van der Waals surface area contributed by atoms with Crippen LogP contribution in [0.1, 0.15) is 32.1 Å². The Hall–Kier alpha value is -1.18. The molecule has 1 N–H and O–H groups in total. The van der Waals surface area contributed by atoms with E-state index < -0.39 is 0 Å². The van der Waals surface area contributed by atoms with E-state index in [0.29, 0.717) is 19.4 Å². The molecular formula is C17H33N3O4. The number of rotatable bonds is 12. The molecule has 0 spiro atoms. The van der Waals surface area contributed by atoms with Gasteiger partial charge in [-0.3, -0.25) is 14.5 Å². The third-order valence-corrected chi connectivity index (χ3v) is 4.39. The molecule has 1 heterocycles. The van der Waals surface area contributed by atoms with Gasteiger partial charge in [0.15, 0.2) is 0 Å². The van der Waals surface area contributed by atoms with E-state index in [9.17, 15) is 9.59 Å². The summed E-state index contributed by atoms with van der Waals surface area (Å²) in [5, 5.41) is 3.28. The second kappa shape index (κ2) is 13.1. The summed E-state index contributed by atoms with van der Waals surface area (Å²) in [5.41, 5.74) is 0. The second-order valence-corrected chi connectivity index (χ2v) is 6.15. The maximum Gasteiger partial charge on any atom is 0.306 e. The van der Waals surface area contributed by atoms with Crippen LogP contribution in [0.3, 0.4) is 0 Å².